The lowest BCUT2D eigenvalue weighted by Crippen LogP contribution is -2.29. The Hall–Kier alpha value is -1.68. The van der Waals surface area contributed by atoms with E-state index in [4.69, 9.17) is 0 Å². The predicted molar refractivity (Wildman–Crippen MR) is 110 cm³/mol. The molecule has 0 fully saturated rings. The molecule has 0 bridgehead atoms. The number of benzene rings is 1. The summed E-state index contributed by atoms with van der Waals surface area (Å²) in [5, 5.41) is 7.22. The van der Waals surface area contributed by atoms with Crippen molar-refractivity contribution < 1.29 is 12.8 Å². The number of para-hydroxylation sites is 1. The predicted octanol–water partition coefficient (Wildman–Crippen LogP) is 4.24. The highest BCUT2D eigenvalue weighted by Gasteiger charge is 2.32. The molecule has 26 heavy (non-hydrogen) atoms. The number of hydrogen-bond acceptors (Lipinski definition) is 4. The number of rotatable bonds is 5. The lowest BCUT2D eigenvalue weighted by atomic mass is 9.79. The largest absolute Gasteiger partial charge is 0.383 e. The van der Waals surface area contributed by atoms with Crippen LogP contribution in [0, 0.1) is 5.41 Å². The summed E-state index contributed by atoms with van der Waals surface area (Å²) >= 11 is 2.04. The minimum Gasteiger partial charge on any atom is -0.383 e. The fraction of sp³-hybridized carbons (Fsp3) is 0.278. The van der Waals surface area contributed by atoms with Crippen molar-refractivity contribution in [2.45, 2.75) is 18.2 Å². The zero-order chi connectivity index (χ0) is 18.9. The number of hydrogen-bond donors (Lipinski definition) is 1. The number of aromatic nitrogens is 2. The van der Waals surface area contributed by atoms with Gasteiger partial charge in [0.2, 0.25) is 0 Å². The van der Waals surface area contributed by atoms with Crippen molar-refractivity contribution in [2.24, 2.45) is 5.41 Å². The van der Waals surface area contributed by atoms with E-state index in [0.717, 1.165) is 11.1 Å². The third kappa shape index (κ3) is 4.01. The minimum atomic E-state index is -3.35. The number of nitrogens with one attached hydrogen (secondary N) is 1. The van der Waals surface area contributed by atoms with Crippen LogP contribution in [0.2, 0.25) is 0 Å². The van der Waals surface area contributed by atoms with Crippen molar-refractivity contribution in [1.29, 1.82) is 0 Å². The Bertz CT molecular complexity index is 997. The maximum absolute atomic E-state index is 14.8. The van der Waals surface area contributed by atoms with Gasteiger partial charge in [-0.3, -0.25) is 0 Å². The molecule has 1 aliphatic rings. The van der Waals surface area contributed by atoms with Crippen LogP contribution in [0.4, 0.5) is 10.1 Å². The van der Waals surface area contributed by atoms with Crippen molar-refractivity contribution in [3.05, 3.63) is 60.2 Å². The van der Waals surface area contributed by atoms with E-state index in [1.54, 1.807) is 33.4 Å². The van der Waals surface area contributed by atoms with E-state index < -0.39 is 15.3 Å². The van der Waals surface area contributed by atoms with Crippen LogP contribution in [0.25, 0.3) is 5.57 Å². The Kier molecular flexibility index (Phi) is 5.25. The molecule has 1 aromatic carbocycles. The summed E-state index contributed by atoms with van der Waals surface area (Å²) in [6, 6.07) is 6.67. The maximum atomic E-state index is 14.8. The van der Waals surface area contributed by atoms with Crippen LogP contribution >= 0.6 is 22.9 Å². The monoisotopic (exact) mass is 487 g/mol. The summed E-state index contributed by atoms with van der Waals surface area (Å²) in [5.41, 5.74) is 1.42. The minimum absolute atomic E-state index is 0.217. The fourth-order valence-electron chi connectivity index (χ4n) is 2.83. The molecule has 5 nitrogen and oxygen atoms in total. The molecule has 0 saturated carbocycles. The first-order valence-electron chi connectivity index (χ1n) is 8.01. The van der Waals surface area contributed by atoms with Gasteiger partial charge in [0.25, 0.3) is 0 Å². The van der Waals surface area contributed by atoms with Crippen molar-refractivity contribution in [2.75, 3.05) is 18.1 Å². The Balaban J connectivity index is 1.78. The number of allylic oxidation sites excluding steroid dienone is 3. The van der Waals surface area contributed by atoms with E-state index in [9.17, 15) is 12.8 Å². The highest BCUT2D eigenvalue weighted by Crippen LogP contribution is 2.40. The normalized spacial score (nSPS) is 20.5. The molecule has 138 valence electrons. The van der Waals surface area contributed by atoms with Gasteiger partial charge in [-0.1, -0.05) is 25.1 Å². The van der Waals surface area contributed by atoms with Gasteiger partial charge in [0.05, 0.1) is 39.6 Å². The van der Waals surface area contributed by atoms with Gasteiger partial charge in [0.15, 0.2) is 9.84 Å². The lowest BCUT2D eigenvalue weighted by Gasteiger charge is -2.31. The molecular formula is C18H19FIN3O2S. The van der Waals surface area contributed by atoms with E-state index in [1.807, 2.05) is 42.1 Å². The highest BCUT2D eigenvalue weighted by atomic mass is 127. The fourth-order valence-corrected chi connectivity index (χ4v) is 4.12. The zero-order valence-corrected chi connectivity index (χ0v) is 17.4. The van der Waals surface area contributed by atoms with E-state index in [-0.39, 0.29) is 17.3 Å². The van der Waals surface area contributed by atoms with Gasteiger partial charge in [-0.05, 0) is 30.2 Å². The van der Waals surface area contributed by atoms with E-state index in [1.165, 1.54) is 12.3 Å². The molecule has 1 aromatic heterocycles. The molecule has 1 unspecified atom stereocenters. The molecule has 1 N–H and O–H groups in total. The summed E-state index contributed by atoms with van der Waals surface area (Å²) in [6.45, 7) is 2.11. The van der Waals surface area contributed by atoms with Crippen LogP contribution in [-0.4, -0.2) is 29.2 Å². The van der Waals surface area contributed by atoms with Crippen LogP contribution in [0.15, 0.2) is 59.5 Å². The molecule has 1 atom stereocenters. The number of halogens is 2. The third-order valence-corrected chi connectivity index (χ3v) is 6.16. The second kappa shape index (κ2) is 7.15. The molecule has 0 saturated heterocycles. The van der Waals surface area contributed by atoms with Gasteiger partial charge in [0.1, 0.15) is 5.83 Å². The van der Waals surface area contributed by atoms with Gasteiger partial charge in [-0.2, -0.15) is 5.10 Å². The summed E-state index contributed by atoms with van der Waals surface area (Å²) < 4.78 is 40.3. The summed E-state index contributed by atoms with van der Waals surface area (Å²) in [4.78, 5) is 0.217. The van der Waals surface area contributed by atoms with Crippen molar-refractivity contribution in [3.8, 4) is 0 Å². The molecule has 1 heterocycles. The standard InChI is InChI=1S/C18H19FIN3O2S/c1-18(12-21-15-5-3-4-6-16(15)26(2,24)25)8-7-13(9-17(18)19)14-10-22-23(20)11-14/h3-7,9-11,21H,8,12H2,1-2H3. The number of sulfone groups is 1. The van der Waals surface area contributed by atoms with Crippen molar-refractivity contribution in [1.82, 2.24) is 7.99 Å². The Morgan fingerprint density at radius 3 is 2.73 bits per heavy atom. The zero-order valence-electron chi connectivity index (χ0n) is 14.4. The first-order chi connectivity index (χ1) is 12.2. The van der Waals surface area contributed by atoms with Crippen LogP contribution < -0.4 is 5.32 Å². The summed E-state index contributed by atoms with van der Waals surface area (Å²) in [7, 11) is -3.35. The van der Waals surface area contributed by atoms with Gasteiger partial charge in [-0.25, -0.2) is 15.7 Å². The van der Waals surface area contributed by atoms with Gasteiger partial charge >= 0.3 is 0 Å². The summed E-state index contributed by atoms with van der Waals surface area (Å²) in [5.74, 6) is -0.236. The molecule has 0 aliphatic heterocycles. The first-order valence-corrected chi connectivity index (χ1v) is 10.9. The average molecular weight is 487 g/mol. The highest BCUT2D eigenvalue weighted by molar-refractivity contribution is 14.1. The Morgan fingerprint density at radius 1 is 1.38 bits per heavy atom. The lowest BCUT2D eigenvalue weighted by molar-refractivity contribution is 0.335. The molecule has 1 aliphatic carbocycles. The topological polar surface area (TPSA) is 64.0 Å². The smallest absolute Gasteiger partial charge is 0.177 e. The van der Waals surface area contributed by atoms with Gasteiger partial charge in [-0.15, -0.1) is 0 Å². The van der Waals surface area contributed by atoms with Gasteiger partial charge in [0, 0.05) is 30.0 Å². The van der Waals surface area contributed by atoms with Crippen molar-refractivity contribution >= 4 is 44.0 Å². The Morgan fingerprint density at radius 2 is 2.12 bits per heavy atom. The van der Waals surface area contributed by atoms with Crippen LogP contribution in [0.5, 0.6) is 0 Å². The summed E-state index contributed by atoms with van der Waals surface area (Å²) in [6.07, 6.45) is 8.72. The maximum Gasteiger partial charge on any atom is 0.177 e. The SMILES string of the molecule is CC1(CNc2ccccc2S(C)(=O)=O)CC=C(c2cnn(I)c2)C=C1F. The number of anilines is 1. The number of nitrogens with zero attached hydrogens (tertiary/aromatic N) is 2. The van der Waals surface area contributed by atoms with E-state index >= 15 is 0 Å². The molecule has 0 spiro atoms. The average Bonchev–Trinajstić information content (AvgIpc) is 3.02. The molecule has 3 rings (SSSR count). The van der Waals surface area contributed by atoms with E-state index in [2.05, 4.69) is 10.4 Å². The quantitative estimate of drug-likeness (QED) is 0.641. The van der Waals surface area contributed by atoms with Gasteiger partial charge < -0.3 is 5.32 Å². The first kappa shape index (κ1) is 19.1. The van der Waals surface area contributed by atoms with E-state index in [0.29, 0.717) is 12.1 Å². The molecular weight excluding hydrogens is 468 g/mol. The van der Waals surface area contributed by atoms with Crippen LogP contribution in [0.1, 0.15) is 18.9 Å². The second-order valence-electron chi connectivity index (χ2n) is 6.66. The Labute approximate surface area is 166 Å². The molecule has 8 heteroatoms. The molecule has 2 aromatic rings. The van der Waals surface area contributed by atoms with Crippen molar-refractivity contribution in [3.63, 3.8) is 0 Å². The molecule has 0 amide bonds. The molecule has 0 radical (unpaired) electrons. The van der Waals surface area contributed by atoms with Crippen LogP contribution in [-0.2, 0) is 9.84 Å². The van der Waals surface area contributed by atoms with Crippen LogP contribution in [0.3, 0.4) is 0 Å². The third-order valence-electron chi connectivity index (χ3n) is 4.47. The second-order valence-corrected chi connectivity index (χ2v) is 9.63.